The van der Waals surface area contributed by atoms with E-state index in [2.05, 4.69) is 4.37 Å². The highest BCUT2D eigenvalue weighted by Gasteiger charge is 2.31. The molecule has 10 heteroatoms. The highest BCUT2D eigenvalue weighted by Crippen LogP contribution is 2.36. The van der Waals surface area contributed by atoms with Gasteiger partial charge in [0.2, 0.25) is 0 Å². The van der Waals surface area contributed by atoms with Gasteiger partial charge < -0.3 is 10.6 Å². The maximum Gasteiger partial charge on any atom is 0.185 e. The van der Waals surface area contributed by atoms with Gasteiger partial charge in [0.25, 0.3) is 0 Å². The summed E-state index contributed by atoms with van der Waals surface area (Å²) in [6.07, 6.45) is 0.492. The molecular weight excluding hydrogens is 322 g/mol. The number of hydrogen-bond donors (Lipinski definition) is 1. The summed E-state index contributed by atoms with van der Waals surface area (Å²) in [5, 5.41) is 0.464. The van der Waals surface area contributed by atoms with Gasteiger partial charge in [-0.05, 0) is 18.0 Å². The lowest BCUT2D eigenvalue weighted by Gasteiger charge is -2.27. The van der Waals surface area contributed by atoms with E-state index in [4.69, 9.17) is 5.73 Å². The van der Waals surface area contributed by atoms with Crippen LogP contribution < -0.4 is 10.6 Å². The zero-order valence-corrected chi connectivity index (χ0v) is 13.5. The smallest absolute Gasteiger partial charge is 0.185 e. The lowest BCUT2D eigenvalue weighted by molar-refractivity contribution is 0.586. The van der Waals surface area contributed by atoms with Gasteiger partial charge >= 0.3 is 0 Å². The molecular formula is C10H17N3O4S3. The van der Waals surface area contributed by atoms with E-state index < -0.39 is 19.7 Å². The second-order valence-electron chi connectivity index (χ2n) is 4.66. The zero-order chi connectivity index (χ0) is 15.0. The minimum Gasteiger partial charge on any atom is -0.382 e. The Morgan fingerprint density at radius 2 is 1.95 bits per heavy atom. The van der Waals surface area contributed by atoms with Crippen molar-refractivity contribution in [2.24, 2.45) is 0 Å². The van der Waals surface area contributed by atoms with Crippen LogP contribution in [-0.4, -0.2) is 51.6 Å². The minimum atomic E-state index is -3.47. The van der Waals surface area contributed by atoms with Crippen molar-refractivity contribution in [3.05, 3.63) is 0 Å². The monoisotopic (exact) mass is 339 g/mol. The number of sulfone groups is 2. The molecule has 1 aromatic heterocycles. The van der Waals surface area contributed by atoms with Crippen LogP contribution in [0, 0.1) is 0 Å². The largest absolute Gasteiger partial charge is 0.382 e. The first-order chi connectivity index (χ1) is 9.27. The van der Waals surface area contributed by atoms with Crippen LogP contribution in [0.3, 0.4) is 0 Å². The molecule has 0 radical (unpaired) electrons. The van der Waals surface area contributed by atoms with Crippen LogP contribution in [0.4, 0.5) is 10.8 Å². The summed E-state index contributed by atoms with van der Waals surface area (Å²) in [6, 6.07) is 0. The van der Waals surface area contributed by atoms with Crippen molar-refractivity contribution < 1.29 is 16.8 Å². The van der Waals surface area contributed by atoms with E-state index in [-0.39, 0.29) is 41.1 Å². The predicted molar refractivity (Wildman–Crippen MR) is 79.7 cm³/mol. The van der Waals surface area contributed by atoms with Crippen molar-refractivity contribution in [1.82, 2.24) is 4.37 Å². The maximum absolute atomic E-state index is 12.2. The number of nitrogen functional groups attached to an aromatic ring is 1. The predicted octanol–water partition coefficient (Wildman–Crippen LogP) is 0.144. The molecule has 0 unspecified atom stereocenters. The third kappa shape index (κ3) is 3.07. The summed E-state index contributed by atoms with van der Waals surface area (Å²) in [5.41, 5.74) is 5.69. The van der Waals surface area contributed by atoms with Gasteiger partial charge in [0.05, 0.1) is 17.3 Å². The Morgan fingerprint density at radius 3 is 2.50 bits per heavy atom. The molecule has 2 rings (SSSR count). The number of nitrogens with two attached hydrogens (primary N) is 1. The molecule has 0 amide bonds. The molecule has 0 bridgehead atoms. The fourth-order valence-electron chi connectivity index (χ4n) is 2.06. The first-order valence-electron chi connectivity index (χ1n) is 6.20. The van der Waals surface area contributed by atoms with Crippen molar-refractivity contribution in [2.45, 2.75) is 18.2 Å². The Morgan fingerprint density at radius 1 is 1.35 bits per heavy atom. The second kappa shape index (κ2) is 5.49. The molecule has 1 aliphatic rings. The van der Waals surface area contributed by atoms with Crippen LogP contribution >= 0.6 is 11.5 Å². The topological polar surface area (TPSA) is 110 Å². The highest BCUT2D eigenvalue weighted by atomic mass is 32.2. The summed E-state index contributed by atoms with van der Waals surface area (Å²) in [5.74, 6) is 0.0668. The second-order valence-corrected chi connectivity index (χ2v) is 9.76. The Balaban J connectivity index is 2.35. The van der Waals surface area contributed by atoms with Crippen molar-refractivity contribution in [2.75, 3.05) is 41.0 Å². The van der Waals surface area contributed by atoms with Gasteiger partial charge in [0.15, 0.2) is 25.5 Å². The summed E-state index contributed by atoms with van der Waals surface area (Å²) < 4.78 is 51.3. The summed E-state index contributed by atoms with van der Waals surface area (Å²) in [6.45, 7) is 2.33. The normalized spacial score (nSPS) is 19.1. The fraction of sp³-hybridized carbons (Fsp3) is 0.700. The van der Waals surface area contributed by atoms with Crippen molar-refractivity contribution in [3.8, 4) is 0 Å². The first-order valence-corrected chi connectivity index (χ1v) is 10.4. The maximum atomic E-state index is 12.2. The summed E-state index contributed by atoms with van der Waals surface area (Å²) in [4.78, 5) is 1.81. The van der Waals surface area contributed by atoms with Crippen LogP contribution in [-0.2, 0) is 19.7 Å². The van der Waals surface area contributed by atoms with E-state index in [0.29, 0.717) is 11.4 Å². The number of aromatic nitrogens is 1. The zero-order valence-electron chi connectivity index (χ0n) is 11.1. The molecule has 7 nitrogen and oxygen atoms in total. The van der Waals surface area contributed by atoms with Crippen LogP contribution in [0.2, 0.25) is 0 Å². The Kier molecular flexibility index (Phi) is 4.26. The van der Waals surface area contributed by atoms with Crippen LogP contribution in [0.5, 0.6) is 0 Å². The molecule has 0 atom stereocenters. The van der Waals surface area contributed by atoms with Crippen LogP contribution in [0.25, 0.3) is 0 Å². The van der Waals surface area contributed by atoms with Gasteiger partial charge in [-0.2, -0.15) is 4.37 Å². The van der Waals surface area contributed by atoms with Gasteiger partial charge in [-0.3, -0.25) is 0 Å². The van der Waals surface area contributed by atoms with Crippen molar-refractivity contribution in [1.29, 1.82) is 0 Å². The Bertz CT molecular complexity index is 679. The van der Waals surface area contributed by atoms with Gasteiger partial charge in [-0.25, -0.2) is 16.8 Å². The van der Waals surface area contributed by atoms with Crippen molar-refractivity contribution >= 4 is 42.0 Å². The minimum absolute atomic E-state index is 0.00637. The number of anilines is 2. The molecule has 1 aromatic rings. The SMILES string of the molecule is CCCS(=O)(=O)c1c(N)nsc1N1CCS(=O)(=O)CC1. The quantitative estimate of drug-likeness (QED) is 0.831. The van der Waals surface area contributed by atoms with Gasteiger partial charge in [0.1, 0.15) is 9.90 Å². The number of nitrogens with zero attached hydrogens (tertiary/aromatic N) is 2. The molecule has 20 heavy (non-hydrogen) atoms. The molecule has 2 N–H and O–H groups in total. The molecule has 2 heterocycles. The number of hydrogen-bond acceptors (Lipinski definition) is 8. The third-order valence-corrected chi connectivity index (χ3v) is 7.70. The molecule has 114 valence electrons. The molecule has 0 saturated carbocycles. The standard InChI is InChI=1S/C10H17N3O4S3/c1-2-5-20(16,17)8-9(11)12-18-10(8)13-3-6-19(14,15)7-4-13/h2-7H2,1H3,(H2,11,12). The van der Waals surface area contributed by atoms with Crippen LogP contribution in [0.15, 0.2) is 4.90 Å². The van der Waals surface area contributed by atoms with Crippen molar-refractivity contribution in [3.63, 3.8) is 0 Å². The molecule has 0 aliphatic carbocycles. The first kappa shape index (κ1) is 15.5. The molecule has 0 spiro atoms. The Labute approximate surface area is 122 Å². The Hall–Kier alpha value is -0.870. The van der Waals surface area contributed by atoms with Gasteiger partial charge in [0, 0.05) is 13.1 Å². The van der Waals surface area contributed by atoms with Gasteiger partial charge in [-0.15, -0.1) is 0 Å². The van der Waals surface area contributed by atoms with E-state index >= 15 is 0 Å². The lowest BCUT2D eigenvalue weighted by Crippen LogP contribution is -2.40. The lowest BCUT2D eigenvalue weighted by atomic mass is 10.5. The average molecular weight is 339 g/mol. The summed E-state index contributed by atoms with van der Waals surface area (Å²) >= 11 is 1.01. The van der Waals surface area contributed by atoms with E-state index in [1.54, 1.807) is 11.8 Å². The molecule has 1 fully saturated rings. The molecule has 1 saturated heterocycles. The molecule has 0 aromatic carbocycles. The number of rotatable bonds is 4. The van der Waals surface area contributed by atoms with E-state index in [1.807, 2.05) is 0 Å². The van der Waals surface area contributed by atoms with Crippen LogP contribution in [0.1, 0.15) is 13.3 Å². The van der Waals surface area contributed by atoms with E-state index in [9.17, 15) is 16.8 Å². The third-order valence-electron chi connectivity index (χ3n) is 3.07. The summed E-state index contributed by atoms with van der Waals surface area (Å²) in [7, 11) is -6.49. The average Bonchev–Trinajstić information content (AvgIpc) is 2.72. The molecule has 1 aliphatic heterocycles. The van der Waals surface area contributed by atoms with Gasteiger partial charge in [-0.1, -0.05) is 6.92 Å². The fourth-order valence-corrected chi connectivity index (χ4v) is 6.08. The highest BCUT2D eigenvalue weighted by molar-refractivity contribution is 7.92. The van der Waals surface area contributed by atoms with E-state index in [1.165, 1.54) is 0 Å². The van der Waals surface area contributed by atoms with E-state index in [0.717, 1.165) is 11.5 Å².